The molecule has 15 heavy (non-hydrogen) atoms. The average Bonchev–Trinajstić information content (AvgIpc) is 2.16. The van der Waals surface area contributed by atoms with Crippen molar-refractivity contribution < 1.29 is 19.5 Å². The second-order valence-corrected chi connectivity index (χ2v) is 2.52. The number of nitrogens with zero attached hydrogens (tertiary/aromatic N) is 1. The molecule has 7 nitrogen and oxygen atoms in total. The molecule has 0 bridgehead atoms. The van der Waals surface area contributed by atoms with Crippen LogP contribution >= 0.6 is 0 Å². The number of aromatic nitrogens is 1. The quantitative estimate of drug-likeness (QED) is 0.610. The maximum absolute atomic E-state index is 11.2. The van der Waals surface area contributed by atoms with Crippen LogP contribution < -0.4 is 11.1 Å². The third-order valence-electron chi connectivity index (χ3n) is 1.49. The van der Waals surface area contributed by atoms with Gasteiger partial charge in [0.25, 0.3) is 5.91 Å². The number of pyridine rings is 1. The lowest BCUT2D eigenvalue weighted by molar-refractivity contribution is 0.0690. The number of hydrogen-bond acceptors (Lipinski definition) is 4. The Morgan fingerprint density at radius 3 is 2.60 bits per heavy atom. The molecule has 0 aromatic carbocycles. The number of carboxylic acids is 1. The van der Waals surface area contributed by atoms with E-state index in [-0.39, 0.29) is 11.3 Å². The van der Waals surface area contributed by atoms with Gasteiger partial charge in [0.1, 0.15) is 5.69 Å². The molecule has 0 saturated heterocycles. The summed E-state index contributed by atoms with van der Waals surface area (Å²) in [5.41, 5.74) is 4.06. The molecule has 1 rings (SSSR count). The van der Waals surface area contributed by atoms with E-state index in [4.69, 9.17) is 10.8 Å². The first-order valence-electron chi connectivity index (χ1n) is 3.81. The maximum Gasteiger partial charge on any atom is 0.338 e. The minimum Gasteiger partial charge on any atom is -0.478 e. The molecule has 0 spiro atoms. The topological polar surface area (TPSA) is 122 Å². The van der Waals surface area contributed by atoms with Crippen LogP contribution in [-0.2, 0) is 0 Å². The second-order valence-electron chi connectivity index (χ2n) is 2.52. The van der Waals surface area contributed by atoms with E-state index < -0.39 is 17.9 Å². The molecule has 1 aromatic rings. The van der Waals surface area contributed by atoms with E-state index in [1.54, 1.807) is 5.32 Å². The highest BCUT2D eigenvalue weighted by atomic mass is 16.4. The summed E-state index contributed by atoms with van der Waals surface area (Å²) >= 11 is 0. The van der Waals surface area contributed by atoms with E-state index in [9.17, 15) is 14.4 Å². The lowest BCUT2D eigenvalue weighted by atomic mass is 10.2. The molecule has 0 atom stereocenters. The van der Waals surface area contributed by atoms with Crippen LogP contribution in [0, 0.1) is 0 Å². The van der Waals surface area contributed by atoms with Gasteiger partial charge in [-0.25, -0.2) is 9.59 Å². The van der Waals surface area contributed by atoms with Crippen LogP contribution in [0.1, 0.15) is 20.8 Å². The smallest absolute Gasteiger partial charge is 0.338 e. The third kappa shape index (κ3) is 2.50. The summed E-state index contributed by atoms with van der Waals surface area (Å²) < 4.78 is 0. The Balaban J connectivity index is 3.08. The zero-order valence-electron chi connectivity index (χ0n) is 7.43. The number of aromatic carboxylic acids is 1. The first-order valence-corrected chi connectivity index (χ1v) is 3.81. The molecule has 0 aliphatic carbocycles. The summed E-state index contributed by atoms with van der Waals surface area (Å²) in [5.74, 6) is -2.25. The monoisotopic (exact) mass is 209 g/mol. The minimum absolute atomic E-state index is 0.295. The molecule has 4 N–H and O–H groups in total. The fourth-order valence-corrected chi connectivity index (χ4v) is 0.930. The van der Waals surface area contributed by atoms with Gasteiger partial charge in [-0.1, -0.05) is 0 Å². The predicted octanol–water partition coefficient (Wildman–Crippen LogP) is -0.412. The summed E-state index contributed by atoms with van der Waals surface area (Å²) in [6.07, 6.45) is 1.24. The van der Waals surface area contributed by atoms with Gasteiger partial charge in [-0.2, -0.15) is 0 Å². The van der Waals surface area contributed by atoms with E-state index >= 15 is 0 Å². The van der Waals surface area contributed by atoms with Crippen LogP contribution in [0.25, 0.3) is 0 Å². The molecule has 78 valence electrons. The maximum atomic E-state index is 11.2. The summed E-state index contributed by atoms with van der Waals surface area (Å²) in [6.45, 7) is 0. The highest BCUT2D eigenvalue weighted by Crippen LogP contribution is 2.04. The van der Waals surface area contributed by atoms with E-state index in [1.807, 2.05) is 0 Å². The fraction of sp³-hybridized carbons (Fsp3) is 0. The summed E-state index contributed by atoms with van der Waals surface area (Å²) in [7, 11) is 0. The molecule has 1 heterocycles. The molecule has 0 radical (unpaired) electrons. The Morgan fingerprint density at radius 2 is 2.07 bits per heavy atom. The van der Waals surface area contributed by atoms with E-state index in [1.165, 1.54) is 18.3 Å². The Bertz CT molecular complexity index is 430. The van der Waals surface area contributed by atoms with Gasteiger partial charge in [0.05, 0.1) is 5.56 Å². The largest absolute Gasteiger partial charge is 0.478 e. The van der Waals surface area contributed by atoms with Crippen molar-refractivity contribution in [3.8, 4) is 0 Å². The van der Waals surface area contributed by atoms with E-state index in [2.05, 4.69) is 4.98 Å². The fourth-order valence-electron chi connectivity index (χ4n) is 0.930. The lowest BCUT2D eigenvalue weighted by Gasteiger charge is -2.02. The number of carbonyl (C=O) groups excluding carboxylic acids is 2. The van der Waals surface area contributed by atoms with Crippen LogP contribution in [0.3, 0.4) is 0 Å². The Hall–Kier alpha value is -2.44. The molecule has 0 saturated carbocycles. The number of carboxylic acid groups (broad SMARTS) is 1. The van der Waals surface area contributed by atoms with Crippen molar-refractivity contribution >= 4 is 17.9 Å². The Morgan fingerprint density at radius 1 is 1.40 bits per heavy atom. The van der Waals surface area contributed by atoms with Gasteiger partial charge in [-0.05, 0) is 12.1 Å². The van der Waals surface area contributed by atoms with E-state index in [0.717, 1.165) is 0 Å². The van der Waals surface area contributed by atoms with Crippen LogP contribution in [0.5, 0.6) is 0 Å². The minimum atomic E-state index is -1.31. The van der Waals surface area contributed by atoms with Gasteiger partial charge in [0.2, 0.25) is 0 Å². The van der Waals surface area contributed by atoms with Crippen LogP contribution in [-0.4, -0.2) is 28.0 Å². The normalized spacial score (nSPS) is 9.33. The number of rotatable bonds is 2. The molecule has 0 unspecified atom stereocenters. The molecule has 0 aliphatic rings. The van der Waals surface area contributed by atoms with Crippen molar-refractivity contribution in [1.29, 1.82) is 0 Å². The van der Waals surface area contributed by atoms with Gasteiger partial charge in [-0.3, -0.25) is 15.1 Å². The average molecular weight is 209 g/mol. The lowest BCUT2D eigenvalue weighted by Crippen LogP contribution is -2.36. The third-order valence-corrected chi connectivity index (χ3v) is 1.49. The summed E-state index contributed by atoms with van der Waals surface area (Å²) in [4.78, 5) is 35.8. The molecule has 0 aliphatic heterocycles. The molecular weight excluding hydrogens is 202 g/mol. The first-order chi connectivity index (χ1) is 7.02. The van der Waals surface area contributed by atoms with Gasteiger partial charge < -0.3 is 10.8 Å². The molecule has 1 aromatic heterocycles. The Labute approximate surface area is 83.9 Å². The Kier molecular flexibility index (Phi) is 2.97. The van der Waals surface area contributed by atoms with Crippen molar-refractivity contribution in [2.24, 2.45) is 5.73 Å². The summed E-state index contributed by atoms with van der Waals surface area (Å²) in [6, 6.07) is 1.50. The number of nitrogens with two attached hydrogens (primary N) is 1. The zero-order chi connectivity index (χ0) is 11.4. The van der Waals surface area contributed by atoms with Crippen LogP contribution in [0.15, 0.2) is 18.3 Å². The van der Waals surface area contributed by atoms with Gasteiger partial charge in [-0.15, -0.1) is 0 Å². The van der Waals surface area contributed by atoms with Crippen LogP contribution in [0.4, 0.5) is 4.79 Å². The van der Waals surface area contributed by atoms with Gasteiger partial charge >= 0.3 is 12.0 Å². The van der Waals surface area contributed by atoms with Crippen LogP contribution in [0.2, 0.25) is 0 Å². The highest BCUT2D eigenvalue weighted by Gasteiger charge is 2.18. The van der Waals surface area contributed by atoms with Gasteiger partial charge in [0.15, 0.2) is 0 Å². The SMILES string of the molecule is NC(=O)NC(=O)c1ncccc1C(=O)O. The number of carbonyl (C=O) groups is 3. The number of primary amides is 1. The zero-order valence-corrected chi connectivity index (χ0v) is 7.43. The molecule has 7 heteroatoms. The van der Waals surface area contributed by atoms with Crippen molar-refractivity contribution in [3.05, 3.63) is 29.6 Å². The number of amides is 3. The highest BCUT2D eigenvalue weighted by molar-refractivity contribution is 6.08. The molecule has 3 amide bonds. The van der Waals surface area contributed by atoms with Crippen molar-refractivity contribution in [3.63, 3.8) is 0 Å². The second kappa shape index (κ2) is 4.18. The summed E-state index contributed by atoms with van der Waals surface area (Å²) in [5, 5.41) is 10.4. The van der Waals surface area contributed by atoms with Gasteiger partial charge in [0, 0.05) is 6.20 Å². The van der Waals surface area contributed by atoms with Crippen molar-refractivity contribution in [2.75, 3.05) is 0 Å². The van der Waals surface area contributed by atoms with E-state index in [0.29, 0.717) is 0 Å². The van der Waals surface area contributed by atoms with Crippen molar-refractivity contribution in [1.82, 2.24) is 10.3 Å². The van der Waals surface area contributed by atoms with Crippen molar-refractivity contribution in [2.45, 2.75) is 0 Å². The number of urea groups is 1. The number of nitrogens with one attached hydrogen (secondary N) is 1. The number of hydrogen-bond donors (Lipinski definition) is 3. The number of imide groups is 1. The molecular formula is C8H7N3O4. The predicted molar refractivity (Wildman–Crippen MR) is 48.2 cm³/mol. The first kappa shape index (κ1) is 10.6. The standard InChI is InChI=1S/C8H7N3O4/c9-8(15)11-6(12)5-4(7(13)14)2-1-3-10-5/h1-3H,(H,13,14)(H3,9,11,12,15). The molecule has 0 fully saturated rings.